The lowest BCUT2D eigenvalue weighted by molar-refractivity contribution is 0.0944. The van der Waals surface area contributed by atoms with Gasteiger partial charge in [0.15, 0.2) is 0 Å². The van der Waals surface area contributed by atoms with Crippen molar-refractivity contribution in [2.24, 2.45) is 0 Å². The molecule has 0 radical (unpaired) electrons. The number of nitrogens with one attached hydrogen (secondary N) is 2. The Kier molecular flexibility index (Phi) is 4.87. The third-order valence-corrected chi connectivity index (χ3v) is 4.51. The fourth-order valence-corrected chi connectivity index (χ4v) is 3.08. The second-order valence-corrected chi connectivity index (χ2v) is 6.37. The minimum atomic E-state index is -0.387. The molecule has 0 aliphatic heterocycles. The molecule has 146 valence electrons. The van der Waals surface area contributed by atoms with Crippen molar-refractivity contribution < 1.29 is 22.8 Å². The summed E-state index contributed by atoms with van der Waals surface area (Å²) in [4.78, 5) is 25.1. The van der Waals surface area contributed by atoms with Crippen LogP contribution in [-0.4, -0.2) is 18.9 Å². The molecule has 2 amide bonds. The Balaban J connectivity index is 1.74. The molecule has 4 rings (SSSR count). The number of carbonyl (C=O) groups excluding carboxylic acids is 2. The van der Waals surface area contributed by atoms with E-state index in [9.17, 15) is 14.0 Å². The molecule has 0 aliphatic rings. The molecule has 0 bridgehead atoms. The number of furan rings is 2. The van der Waals surface area contributed by atoms with Gasteiger partial charge in [-0.05, 0) is 54.6 Å². The Labute approximate surface area is 165 Å². The summed E-state index contributed by atoms with van der Waals surface area (Å²) in [6, 6.07) is 14.0. The van der Waals surface area contributed by atoms with E-state index in [4.69, 9.17) is 8.83 Å². The molecule has 6 nitrogen and oxygen atoms in total. The van der Waals surface area contributed by atoms with Gasteiger partial charge >= 0.3 is 0 Å². The zero-order valence-electron chi connectivity index (χ0n) is 15.5. The number of carbonyl (C=O) groups is 2. The summed E-state index contributed by atoms with van der Waals surface area (Å²) >= 11 is 0. The van der Waals surface area contributed by atoms with Crippen molar-refractivity contribution in [3.8, 4) is 11.3 Å². The number of benzene rings is 2. The molecule has 29 heavy (non-hydrogen) atoms. The largest absolute Gasteiger partial charge is 0.467 e. The minimum Gasteiger partial charge on any atom is -0.467 e. The van der Waals surface area contributed by atoms with Crippen LogP contribution in [0.15, 0.2) is 69.7 Å². The van der Waals surface area contributed by atoms with Crippen molar-refractivity contribution in [2.45, 2.75) is 6.54 Å². The molecule has 2 heterocycles. The van der Waals surface area contributed by atoms with Crippen molar-refractivity contribution in [3.05, 3.63) is 83.6 Å². The summed E-state index contributed by atoms with van der Waals surface area (Å²) < 4.78 is 24.4. The maximum Gasteiger partial charge on any atom is 0.255 e. The highest BCUT2D eigenvalue weighted by Crippen LogP contribution is 2.34. The van der Waals surface area contributed by atoms with Crippen molar-refractivity contribution >= 4 is 22.8 Å². The van der Waals surface area contributed by atoms with Crippen LogP contribution in [0.4, 0.5) is 4.39 Å². The van der Waals surface area contributed by atoms with Crippen LogP contribution >= 0.6 is 0 Å². The predicted molar refractivity (Wildman–Crippen MR) is 105 cm³/mol. The van der Waals surface area contributed by atoms with Gasteiger partial charge in [-0.2, -0.15) is 0 Å². The highest BCUT2D eigenvalue weighted by molar-refractivity contribution is 6.12. The van der Waals surface area contributed by atoms with Gasteiger partial charge in [0.25, 0.3) is 11.8 Å². The molecule has 0 aliphatic carbocycles. The first-order chi connectivity index (χ1) is 14.1. The lowest BCUT2D eigenvalue weighted by Gasteiger charge is -2.04. The smallest absolute Gasteiger partial charge is 0.255 e. The molecule has 7 heteroatoms. The lowest BCUT2D eigenvalue weighted by Crippen LogP contribution is -2.22. The second kappa shape index (κ2) is 7.63. The average Bonchev–Trinajstić information content (AvgIpc) is 3.39. The van der Waals surface area contributed by atoms with E-state index in [1.54, 1.807) is 30.3 Å². The molecule has 2 aromatic carbocycles. The fraction of sp³-hybridized carbons (Fsp3) is 0.0909. The predicted octanol–water partition coefficient (Wildman–Crippen LogP) is 4.12. The maximum absolute atomic E-state index is 13.3. The normalized spacial score (nSPS) is 10.8. The highest BCUT2D eigenvalue weighted by atomic mass is 19.1. The summed E-state index contributed by atoms with van der Waals surface area (Å²) in [7, 11) is 1.51. The van der Waals surface area contributed by atoms with Gasteiger partial charge in [0, 0.05) is 23.6 Å². The quantitative estimate of drug-likeness (QED) is 0.535. The lowest BCUT2D eigenvalue weighted by atomic mass is 10.0. The summed E-state index contributed by atoms with van der Waals surface area (Å²) in [5, 5.41) is 5.85. The molecule has 0 spiro atoms. The number of hydrogen-bond donors (Lipinski definition) is 2. The molecule has 0 saturated heterocycles. The van der Waals surface area contributed by atoms with Crippen molar-refractivity contribution in [2.75, 3.05) is 7.05 Å². The van der Waals surface area contributed by atoms with Gasteiger partial charge in [-0.3, -0.25) is 9.59 Å². The zero-order valence-corrected chi connectivity index (χ0v) is 15.5. The first kappa shape index (κ1) is 18.5. The molecular formula is C22H17FN2O4. The molecule has 0 fully saturated rings. The Morgan fingerprint density at radius 1 is 1.03 bits per heavy atom. The zero-order chi connectivity index (χ0) is 20.4. The minimum absolute atomic E-state index is 0.248. The molecular weight excluding hydrogens is 375 g/mol. The third-order valence-electron chi connectivity index (χ3n) is 4.51. The van der Waals surface area contributed by atoms with Crippen LogP contribution in [0.25, 0.3) is 22.3 Å². The molecule has 4 aromatic rings. The standard InChI is InChI=1S/C22H17FN2O4/c1-24-22(27)19-17-11-14(21(26)25-12-16-3-2-10-28-16)6-9-18(17)29-20(19)13-4-7-15(23)8-5-13/h2-11H,12H2,1H3,(H,24,27)(H,25,26). The van der Waals surface area contributed by atoms with Crippen LogP contribution in [0.1, 0.15) is 26.5 Å². The van der Waals surface area contributed by atoms with E-state index >= 15 is 0 Å². The number of rotatable bonds is 5. The number of amides is 2. The number of fused-ring (bicyclic) bond motifs is 1. The molecule has 2 N–H and O–H groups in total. The number of halogens is 1. The van der Waals surface area contributed by atoms with Crippen LogP contribution < -0.4 is 10.6 Å². The highest BCUT2D eigenvalue weighted by Gasteiger charge is 2.22. The van der Waals surface area contributed by atoms with E-state index in [0.29, 0.717) is 33.6 Å². The van der Waals surface area contributed by atoms with Crippen LogP contribution in [0.5, 0.6) is 0 Å². The van der Waals surface area contributed by atoms with E-state index in [2.05, 4.69) is 10.6 Å². The topological polar surface area (TPSA) is 84.5 Å². The van der Waals surface area contributed by atoms with Crippen molar-refractivity contribution in [1.82, 2.24) is 10.6 Å². The van der Waals surface area contributed by atoms with Crippen molar-refractivity contribution in [1.29, 1.82) is 0 Å². The Morgan fingerprint density at radius 3 is 2.52 bits per heavy atom. The van der Waals surface area contributed by atoms with Gasteiger partial charge in [0.05, 0.1) is 18.4 Å². The van der Waals surface area contributed by atoms with E-state index in [0.717, 1.165) is 0 Å². The van der Waals surface area contributed by atoms with Gasteiger partial charge in [-0.1, -0.05) is 0 Å². The average molecular weight is 392 g/mol. The summed E-state index contributed by atoms with van der Waals surface area (Å²) in [6.45, 7) is 0.248. The Bertz CT molecular complexity index is 1180. The van der Waals surface area contributed by atoms with Crippen LogP contribution in [0.2, 0.25) is 0 Å². The summed E-state index contributed by atoms with van der Waals surface area (Å²) in [5.41, 5.74) is 1.67. The van der Waals surface area contributed by atoms with E-state index in [-0.39, 0.29) is 29.7 Å². The van der Waals surface area contributed by atoms with E-state index in [1.165, 1.54) is 37.6 Å². The van der Waals surface area contributed by atoms with E-state index < -0.39 is 0 Å². The molecule has 0 unspecified atom stereocenters. The monoisotopic (exact) mass is 392 g/mol. The molecule has 0 saturated carbocycles. The summed E-state index contributed by atoms with van der Waals surface area (Å²) in [6.07, 6.45) is 1.53. The van der Waals surface area contributed by atoms with Gasteiger partial charge in [-0.15, -0.1) is 0 Å². The fourth-order valence-electron chi connectivity index (χ4n) is 3.08. The van der Waals surface area contributed by atoms with Crippen LogP contribution in [-0.2, 0) is 6.54 Å². The first-order valence-corrected chi connectivity index (χ1v) is 8.92. The summed E-state index contributed by atoms with van der Waals surface area (Å²) in [5.74, 6) is -0.117. The van der Waals surface area contributed by atoms with Crippen LogP contribution in [0.3, 0.4) is 0 Å². The molecule has 2 aromatic heterocycles. The third kappa shape index (κ3) is 3.62. The van der Waals surface area contributed by atoms with Crippen LogP contribution in [0, 0.1) is 5.82 Å². The van der Waals surface area contributed by atoms with Gasteiger partial charge < -0.3 is 19.5 Å². The first-order valence-electron chi connectivity index (χ1n) is 8.92. The Hall–Kier alpha value is -3.87. The van der Waals surface area contributed by atoms with Gasteiger partial charge in [-0.25, -0.2) is 4.39 Å². The van der Waals surface area contributed by atoms with Gasteiger partial charge in [0.2, 0.25) is 0 Å². The SMILES string of the molecule is CNC(=O)c1c(-c2ccc(F)cc2)oc2ccc(C(=O)NCc3ccco3)cc12. The molecule has 0 atom stereocenters. The van der Waals surface area contributed by atoms with Crippen molar-refractivity contribution in [3.63, 3.8) is 0 Å². The second-order valence-electron chi connectivity index (χ2n) is 6.37. The van der Waals surface area contributed by atoms with E-state index in [1.807, 2.05) is 0 Å². The van der Waals surface area contributed by atoms with Gasteiger partial charge in [0.1, 0.15) is 22.9 Å². The maximum atomic E-state index is 13.3. The number of hydrogen-bond acceptors (Lipinski definition) is 4. The Morgan fingerprint density at radius 2 is 1.83 bits per heavy atom.